The van der Waals surface area contributed by atoms with Gasteiger partial charge in [0.05, 0.1) is 47.3 Å². The molecule has 3 saturated carbocycles. The lowest BCUT2D eigenvalue weighted by atomic mass is 9.83. The van der Waals surface area contributed by atoms with Gasteiger partial charge in [-0.25, -0.2) is 12.8 Å². The molecule has 6 atom stereocenters. The van der Waals surface area contributed by atoms with Crippen LogP contribution in [0.25, 0.3) is 0 Å². The number of ether oxygens (including phenoxy) is 1. The molecule has 5 unspecified atom stereocenters. The quantitative estimate of drug-likeness (QED) is 0.327. The van der Waals surface area contributed by atoms with Gasteiger partial charge in [0, 0.05) is 23.2 Å². The van der Waals surface area contributed by atoms with Crippen LogP contribution in [-0.2, 0) is 25.6 Å². The molecule has 2 aromatic rings. The zero-order valence-corrected chi connectivity index (χ0v) is 25.5. The smallest absolute Gasteiger partial charge is 0.419 e. The van der Waals surface area contributed by atoms with Gasteiger partial charge in [0.25, 0.3) is 5.91 Å². The van der Waals surface area contributed by atoms with E-state index in [-0.39, 0.29) is 40.3 Å². The highest BCUT2D eigenvalue weighted by Crippen LogP contribution is 2.54. The predicted molar refractivity (Wildman–Crippen MR) is 158 cm³/mol. The van der Waals surface area contributed by atoms with E-state index in [9.17, 15) is 35.6 Å². The first kappa shape index (κ1) is 30.7. The van der Waals surface area contributed by atoms with Gasteiger partial charge in [0.15, 0.2) is 15.9 Å². The number of carbonyl (C=O) groups excluding carboxylic acids is 2. The summed E-state index contributed by atoms with van der Waals surface area (Å²) in [7, 11) is -1.89. The van der Waals surface area contributed by atoms with E-state index in [0.29, 0.717) is 35.7 Å². The Balaban J connectivity index is 1.17. The molecule has 2 heterocycles. The van der Waals surface area contributed by atoms with Crippen molar-refractivity contribution in [3.8, 4) is 5.75 Å². The SMILES string of the molecule is COc1ccc(C2=NOC3CS(=O)(=O)CC23)cc1C(=O)NC1C2CCC(/C2=C/C2CC2)[C@@H]1C(=O)Nc1ccc(F)c(C(F)(F)F)c1. The van der Waals surface area contributed by atoms with Crippen molar-refractivity contribution in [2.75, 3.05) is 23.9 Å². The van der Waals surface area contributed by atoms with Crippen LogP contribution < -0.4 is 15.4 Å². The third-order valence-electron chi connectivity index (χ3n) is 9.77. The van der Waals surface area contributed by atoms with Crippen LogP contribution in [0, 0.1) is 35.4 Å². The average Bonchev–Trinajstić information content (AvgIpc) is 3.37. The Morgan fingerprint density at radius 2 is 1.78 bits per heavy atom. The van der Waals surface area contributed by atoms with Crippen molar-refractivity contribution in [2.45, 2.75) is 44.0 Å². The van der Waals surface area contributed by atoms with Gasteiger partial charge in [-0.2, -0.15) is 13.2 Å². The number of oxime groups is 1. The molecular formula is C32H31F4N3O6S. The van der Waals surface area contributed by atoms with Crippen LogP contribution in [0.4, 0.5) is 23.2 Å². The summed E-state index contributed by atoms with van der Waals surface area (Å²) < 4.78 is 83.9. The topological polar surface area (TPSA) is 123 Å². The highest BCUT2D eigenvalue weighted by atomic mass is 32.2. The molecule has 5 aliphatic rings. The van der Waals surface area contributed by atoms with E-state index >= 15 is 0 Å². The summed E-state index contributed by atoms with van der Waals surface area (Å²) in [4.78, 5) is 33.1. The van der Waals surface area contributed by atoms with E-state index in [1.807, 2.05) is 0 Å². The number of halogens is 4. The number of amides is 2. The molecule has 9 nitrogen and oxygen atoms in total. The fourth-order valence-corrected chi connectivity index (χ4v) is 9.36. The van der Waals surface area contributed by atoms with E-state index in [2.05, 4.69) is 21.9 Å². The molecule has 2 aliphatic heterocycles. The molecule has 2 amide bonds. The van der Waals surface area contributed by atoms with E-state index in [0.717, 1.165) is 30.9 Å². The van der Waals surface area contributed by atoms with Crippen molar-refractivity contribution >= 4 is 33.1 Å². The number of fused-ring (bicyclic) bond motifs is 3. The van der Waals surface area contributed by atoms with Gasteiger partial charge in [0.2, 0.25) is 5.91 Å². The maximum absolute atomic E-state index is 13.9. The number of methoxy groups -OCH3 is 1. The monoisotopic (exact) mass is 661 g/mol. The third kappa shape index (κ3) is 5.54. The van der Waals surface area contributed by atoms with Crippen LogP contribution in [-0.4, -0.2) is 56.7 Å². The van der Waals surface area contributed by atoms with Gasteiger partial charge in [0.1, 0.15) is 11.6 Å². The van der Waals surface area contributed by atoms with Crippen LogP contribution in [0.1, 0.15) is 47.2 Å². The molecular weight excluding hydrogens is 630 g/mol. The Hall–Kier alpha value is -3.94. The number of hydrogen-bond donors (Lipinski definition) is 2. The van der Waals surface area contributed by atoms with Gasteiger partial charge >= 0.3 is 6.18 Å². The van der Waals surface area contributed by atoms with Gasteiger partial charge in [-0.15, -0.1) is 0 Å². The minimum atomic E-state index is -4.94. The Labute approximate surface area is 262 Å². The third-order valence-corrected chi connectivity index (χ3v) is 11.5. The number of alkyl halides is 3. The van der Waals surface area contributed by atoms with Crippen LogP contribution >= 0.6 is 0 Å². The van der Waals surface area contributed by atoms with E-state index < -0.39 is 63.2 Å². The lowest BCUT2D eigenvalue weighted by Crippen LogP contribution is -2.48. The molecule has 0 aromatic heterocycles. The molecule has 244 valence electrons. The largest absolute Gasteiger partial charge is 0.496 e. The molecule has 4 fully saturated rings. The van der Waals surface area contributed by atoms with Crippen molar-refractivity contribution in [1.29, 1.82) is 0 Å². The molecule has 0 radical (unpaired) electrons. The summed E-state index contributed by atoms with van der Waals surface area (Å²) in [6, 6.07) is 6.47. The first-order valence-electron chi connectivity index (χ1n) is 15.2. The zero-order valence-electron chi connectivity index (χ0n) is 24.6. The summed E-state index contributed by atoms with van der Waals surface area (Å²) in [5, 5.41) is 9.70. The van der Waals surface area contributed by atoms with E-state index in [1.165, 1.54) is 7.11 Å². The number of allylic oxidation sites excluding steroid dienone is 1. The molecule has 3 aliphatic carbocycles. The second-order valence-electron chi connectivity index (χ2n) is 12.7. The highest BCUT2D eigenvalue weighted by Gasteiger charge is 2.55. The predicted octanol–water partition coefficient (Wildman–Crippen LogP) is 4.73. The molecule has 2 bridgehead atoms. The van der Waals surface area contributed by atoms with Crippen molar-refractivity contribution in [3.05, 3.63) is 70.6 Å². The number of carbonyl (C=O) groups is 2. The molecule has 2 N–H and O–H groups in total. The summed E-state index contributed by atoms with van der Waals surface area (Å²) in [5.74, 6) is -3.73. The first-order chi connectivity index (χ1) is 21.8. The second-order valence-corrected chi connectivity index (χ2v) is 14.9. The summed E-state index contributed by atoms with van der Waals surface area (Å²) in [6.07, 6.45) is 0.147. The Morgan fingerprint density at radius 1 is 1.02 bits per heavy atom. The molecule has 7 rings (SSSR count). The molecule has 14 heteroatoms. The standard InChI is InChI=1S/C32H31F4N3O6S/c1-44-25-9-4-16(28-22-13-46(42,43)14-26(22)45-39-28)11-21(25)30(40)38-29-19-7-6-18(20(19)10-15-2-3-15)27(29)31(41)37-17-5-8-24(33)23(12-17)32(34,35)36/h4-5,8-12,15,18-19,22,26-27,29H,2-3,6-7,13-14H2,1H3,(H,37,41)(H,38,40)/b20-10-/t18?,19?,22?,26?,27-,29?/m0/s1. The van der Waals surface area contributed by atoms with Crippen molar-refractivity contribution in [3.63, 3.8) is 0 Å². The van der Waals surface area contributed by atoms with Crippen LogP contribution in [0.2, 0.25) is 0 Å². The average molecular weight is 662 g/mol. The molecule has 0 spiro atoms. The van der Waals surface area contributed by atoms with Crippen LogP contribution in [0.5, 0.6) is 5.75 Å². The van der Waals surface area contributed by atoms with Crippen molar-refractivity contribution < 1.29 is 45.1 Å². The molecule has 46 heavy (non-hydrogen) atoms. The van der Waals surface area contributed by atoms with E-state index in [1.54, 1.807) is 18.2 Å². The van der Waals surface area contributed by atoms with Gasteiger partial charge in [-0.3, -0.25) is 9.59 Å². The minimum absolute atomic E-state index is 0.110. The zero-order chi connectivity index (χ0) is 32.5. The number of sulfone groups is 1. The molecule has 2 aromatic carbocycles. The van der Waals surface area contributed by atoms with Gasteiger partial charge in [-0.05, 0) is 73.9 Å². The normalized spacial score (nSPS) is 30.1. The molecule has 1 saturated heterocycles. The second kappa shape index (κ2) is 11.1. The first-order valence-corrected chi connectivity index (χ1v) is 17.0. The number of hydrogen-bond acceptors (Lipinski definition) is 7. The highest BCUT2D eigenvalue weighted by molar-refractivity contribution is 7.91. The summed E-state index contributed by atoms with van der Waals surface area (Å²) in [5.41, 5.74) is 0.476. The fourth-order valence-electron chi connectivity index (χ4n) is 7.51. The summed E-state index contributed by atoms with van der Waals surface area (Å²) >= 11 is 0. The Kier molecular flexibility index (Phi) is 7.41. The Bertz CT molecular complexity index is 1790. The van der Waals surface area contributed by atoms with Gasteiger partial charge < -0.3 is 20.2 Å². The van der Waals surface area contributed by atoms with Crippen LogP contribution in [0.15, 0.2) is 53.2 Å². The van der Waals surface area contributed by atoms with E-state index in [4.69, 9.17) is 9.57 Å². The Morgan fingerprint density at radius 3 is 2.50 bits per heavy atom. The maximum atomic E-state index is 13.9. The maximum Gasteiger partial charge on any atom is 0.419 e. The number of nitrogens with one attached hydrogen (secondary N) is 2. The number of anilines is 1. The lowest BCUT2D eigenvalue weighted by molar-refractivity contribution is -0.140. The summed E-state index contributed by atoms with van der Waals surface area (Å²) in [6.45, 7) is 0. The minimum Gasteiger partial charge on any atom is -0.496 e. The number of rotatable bonds is 7. The number of benzene rings is 2. The van der Waals surface area contributed by atoms with Crippen LogP contribution in [0.3, 0.4) is 0 Å². The van der Waals surface area contributed by atoms with Crippen molar-refractivity contribution in [1.82, 2.24) is 5.32 Å². The van der Waals surface area contributed by atoms with Crippen molar-refractivity contribution in [2.24, 2.45) is 34.7 Å². The fraction of sp³-hybridized carbons (Fsp3) is 0.469. The number of nitrogens with zero attached hydrogens (tertiary/aromatic N) is 1. The van der Waals surface area contributed by atoms with Gasteiger partial charge in [-0.1, -0.05) is 16.8 Å². The lowest BCUT2D eigenvalue weighted by Gasteiger charge is -2.30.